The van der Waals surface area contributed by atoms with Gasteiger partial charge in [0.25, 0.3) is 5.91 Å². The molecule has 6 heteroatoms. The Morgan fingerprint density at radius 1 is 1.16 bits per heavy atom. The quantitative estimate of drug-likeness (QED) is 0.663. The van der Waals surface area contributed by atoms with Gasteiger partial charge in [-0.15, -0.1) is 0 Å². The molecule has 0 saturated heterocycles. The first-order chi connectivity index (χ1) is 12.1. The van der Waals surface area contributed by atoms with Crippen LogP contribution >= 0.6 is 12.2 Å². The Balaban J connectivity index is 1.92. The van der Waals surface area contributed by atoms with E-state index in [2.05, 4.69) is 10.6 Å². The number of ether oxygens (including phenoxy) is 1. The summed E-state index contributed by atoms with van der Waals surface area (Å²) < 4.78 is 5.78. The largest absolute Gasteiger partial charge is 0.492 e. The molecule has 0 spiro atoms. The van der Waals surface area contributed by atoms with Gasteiger partial charge in [-0.1, -0.05) is 42.5 Å². The Morgan fingerprint density at radius 3 is 2.56 bits per heavy atom. The minimum absolute atomic E-state index is 0.171. The summed E-state index contributed by atoms with van der Waals surface area (Å²) in [5, 5.41) is 14.8. The van der Waals surface area contributed by atoms with Crippen LogP contribution < -0.4 is 15.4 Å². The number of benzene rings is 2. The van der Waals surface area contributed by atoms with Crippen LogP contribution in [0.4, 0.5) is 0 Å². The van der Waals surface area contributed by atoms with Gasteiger partial charge in [-0.25, -0.2) is 0 Å². The highest BCUT2D eigenvalue weighted by Gasteiger charge is 2.13. The van der Waals surface area contributed by atoms with Crippen molar-refractivity contribution in [1.82, 2.24) is 10.6 Å². The van der Waals surface area contributed by atoms with Crippen LogP contribution in [0, 0.1) is 0 Å². The lowest BCUT2D eigenvalue weighted by molar-refractivity contribution is 0.0972. The van der Waals surface area contributed by atoms with Crippen LogP contribution in [0.5, 0.6) is 5.75 Å². The van der Waals surface area contributed by atoms with Gasteiger partial charge >= 0.3 is 0 Å². The van der Waals surface area contributed by atoms with Crippen LogP contribution in [0.2, 0.25) is 0 Å². The molecule has 5 nitrogen and oxygen atoms in total. The van der Waals surface area contributed by atoms with Gasteiger partial charge in [0.15, 0.2) is 5.11 Å². The van der Waals surface area contributed by atoms with Crippen molar-refractivity contribution in [3.8, 4) is 5.75 Å². The average molecular weight is 358 g/mol. The van der Waals surface area contributed by atoms with Crippen LogP contribution in [-0.2, 0) is 6.42 Å². The van der Waals surface area contributed by atoms with Gasteiger partial charge in [0.1, 0.15) is 5.75 Å². The monoisotopic (exact) mass is 358 g/mol. The van der Waals surface area contributed by atoms with Gasteiger partial charge in [0.2, 0.25) is 0 Å². The fourth-order valence-electron chi connectivity index (χ4n) is 2.16. The highest BCUT2D eigenvalue weighted by atomic mass is 32.1. The zero-order valence-electron chi connectivity index (χ0n) is 14.1. The van der Waals surface area contributed by atoms with E-state index in [1.54, 1.807) is 25.1 Å². The molecular formula is C19H22N2O3S. The highest BCUT2D eigenvalue weighted by molar-refractivity contribution is 7.80. The first-order valence-corrected chi connectivity index (χ1v) is 8.50. The van der Waals surface area contributed by atoms with Crippen molar-refractivity contribution in [2.45, 2.75) is 19.4 Å². The van der Waals surface area contributed by atoms with Crippen molar-refractivity contribution in [2.75, 3.05) is 13.2 Å². The molecule has 0 bridgehead atoms. The van der Waals surface area contributed by atoms with E-state index in [4.69, 9.17) is 17.0 Å². The van der Waals surface area contributed by atoms with E-state index in [1.807, 2.05) is 36.4 Å². The van der Waals surface area contributed by atoms with Crippen molar-refractivity contribution in [2.24, 2.45) is 0 Å². The number of amides is 1. The third-order valence-corrected chi connectivity index (χ3v) is 3.65. The molecule has 2 aromatic carbocycles. The molecule has 3 N–H and O–H groups in total. The second-order valence-corrected chi connectivity index (χ2v) is 6.00. The number of hydrogen-bond donors (Lipinski definition) is 3. The highest BCUT2D eigenvalue weighted by Crippen LogP contribution is 2.18. The minimum atomic E-state index is -0.552. The lowest BCUT2D eigenvalue weighted by Crippen LogP contribution is -2.41. The maximum absolute atomic E-state index is 12.4. The van der Waals surface area contributed by atoms with E-state index in [9.17, 15) is 9.90 Å². The van der Waals surface area contributed by atoms with Gasteiger partial charge in [0.05, 0.1) is 18.3 Å². The molecule has 0 fully saturated rings. The SMILES string of the molecule is CC(O)CNC(=S)NC(=O)c1ccccc1OCCc1ccccc1. The zero-order chi connectivity index (χ0) is 18.1. The number of nitrogens with one attached hydrogen (secondary N) is 2. The molecule has 0 aliphatic rings. The second kappa shape index (κ2) is 9.76. The Morgan fingerprint density at radius 2 is 1.84 bits per heavy atom. The number of rotatable bonds is 7. The molecule has 0 aliphatic heterocycles. The zero-order valence-corrected chi connectivity index (χ0v) is 14.9. The Kier molecular flexibility index (Phi) is 7.37. The standard InChI is InChI=1S/C19H22N2O3S/c1-14(22)13-20-19(25)21-18(23)16-9-5-6-10-17(16)24-12-11-15-7-3-2-4-8-15/h2-10,14,22H,11-13H2,1H3,(H2,20,21,23,25). The average Bonchev–Trinajstić information content (AvgIpc) is 2.61. The lowest BCUT2D eigenvalue weighted by Gasteiger charge is -2.13. The fourth-order valence-corrected chi connectivity index (χ4v) is 2.33. The normalized spacial score (nSPS) is 11.4. The van der Waals surface area contributed by atoms with Gasteiger partial charge in [-0.2, -0.15) is 0 Å². The maximum atomic E-state index is 12.4. The van der Waals surface area contributed by atoms with Crippen LogP contribution in [-0.4, -0.2) is 35.4 Å². The van der Waals surface area contributed by atoms with Crippen molar-refractivity contribution >= 4 is 23.2 Å². The van der Waals surface area contributed by atoms with E-state index in [0.717, 1.165) is 6.42 Å². The number of thiocarbonyl (C=S) groups is 1. The first-order valence-electron chi connectivity index (χ1n) is 8.09. The molecule has 2 aromatic rings. The Hall–Kier alpha value is -2.44. The summed E-state index contributed by atoms with van der Waals surface area (Å²) in [6.07, 6.45) is 0.203. The molecule has 0 saturated carbocycles. The summed E-state index contributed by atoms with van der Waals surface area (Å²) in [6, 6.07) is 17.0. The molecule has 0 aromatic heterocycles. The summed E-state index contributed by atoms with van der Waals surface area (Å²) in [7, 11) is 0. The third kappa shape index (κ3) is 6.52. The van der Waals surface area contributed by atoms with Crippen LogP contribution in [0.1, 0.15) is 22.8 Å². The van der Waals surface area contributed by atoms with Crippen molar-refractivity contribution in [1.29, 1.82) is 0 Å². The summed E-state index contributed by atoms with van der Waals surface area (Å²) >= 11 is 5.05. The van der Waals surface area contributed by atoms with E-state index in [1.165, 1.54) is 5.56 Å². The minimum Gasteiger partial charge on any atom is -0.492 e. The molecule has 0 heterocycles. The molecule has 1 amide bonds. The van der Waals surface area contributed by atoms with Gasteiger partial charge in [-0.3, -0.25) is 10.1 Å². The molecular weight excluding hydrogens is 336 g/mol. The number of hydrogen-bond acceptors (Lipinski definition) is 4. The summed E-state index contributed by atoms with van der Waals surface area (Å²) in [6.45, 7) is 2.38. The number of para-hydroxylation sites is 1. The molecule has 0 aliphatic carbocycles. The molecule has 1 unspecified atom stereocenters. The van der Waals surface area contributed by atoms with Gasteiger partial charge < -0.3 is 15.2 Å². The summed E-state index contributed by atoms with van der Waals surface area (Å²) in [5.41, 5.74) is 1.59. The lowest BCUT2D eigenvalue weighted by atomic mass is 10.1. The van der Waals surface area contributed by atoms with Crippen molar-refractivity contribution in [3.63, 3.8) is 0 Å². The molecule has 132 valence electrons. The topological polar surface area (TPSA) is 70.6 Å². The van der Waals surface area contributed by atoms with Crippen molar-refractivity contribution in [3.05, 3.63) is 65.7 Å². The number of aliphatic hydroxyl groups excluding tert-OH is 1. The second-order valence-electron chi connectivity index (χ2n) is 5.59. The van der Waals surface area contributed by atoms with Crippen LogP contribution in [0.25, 0.3) is 0 Å². The van der Waals surface area contributed by atoms with Gasteiger partial charge in [-0.05, 0) is 36.8 Å². The van der Waals surface area contributed by atoms with Crippen molar-refractivity contribution < 1.29 is 14.6 Å². The molecule has 25 heavy (non-hydrogen) atoms. The third-order valence-electron chi connectivity index (χ3n) is 3.41. The first kappa shape index (κ1) is 18.9. The number of aliphatic hydroxyl groups is 1. The molecule has 0 radical (unpaired) electrons. The molecule has 2 rings (SSSR count). The predicted octanol–water partition coefficient (Wildman–Crippen LogP) is 2.29. The van der Waals surface area contributed by atoms with Gasteiger partial charge in [0, 0.05) is 13.0 Å². The number of carbonyl (C=O) groups excluding carboxylic acids is 1. The predicted molar refractivity (Wildman–Crippen MR) is 102 cm³/mol. The smallest absolute Gasteiger partial charge is 0.261 e. The maximum Gasteiger partial charge on any atom is 0.261 e. The van der Waals surface area contributed by atoms with E-state index in [0.29, 0.717) is 17.9 Å². The molecule has 1 atom stereocenters. The van der Waals surface area contributed by atoms with E-state index in [-0.39, 0.29) is 17.6 Å². The van der Waals surface area contributed by atoms with E-state index >= 15 is 0 Å². The Bertz CT molecular complexity index is 705. The van der Waals surface area contributed by atoms with E-state index < -0.39 is 6.10 Å². The summed E-state index contributed by atoms with van der Waals surface area (Å²) in [5.74, 6) is 0.160. The Labute approximate surface area is 153 Å². The number of carbonyl (C=O) groups is 1. The fraction of sp³-hybridized carbons (Fsp3) is 0.263. The van der Waals surface area contributed by atoms with Crippen LogP contribution in [0.15, 0.2) is 54.6 Å². The van der Waals surface area contributed by atoms with Crippen LogP contribution in [0.3, 0.4) is 0 Å². The summed E-state index contributed by atoms with van der Waals surface area (Å²) in [4.78, 5) is 12.4.